The molecule has 1 aliphatic carbocycles. The van der Waals surface area contributed by atoms with Crippen molar-refractivity contribution in [3.8, 4) is 0 Å². The average Bonchev–Trinajstić information content (AvgIpc) is 3.35. The van der Waals surface area contributed by atoms with Gasteiger partial charge in [0.2, 0.25) is 0 Å². The Bertz CT molecular complexity index is 511. The first-order valence-electron chi connectivity index (χ1n) is 8.63. The third kappa shape index (κ3) is 3.19. The summed E-state index contributed by atoms with van der Waals surface area (Å²) in [5.41, 5.74) is 0.698. The van der Waals surface area contributed by atoms with Gasteiger partial charge >= 0.3 is 5.97 Å². The first-order chi connectivity index (χ1) is 10.6. The molecule has 2 fully saturated rings. The molecule has 0 N–H and O–H groups in total. The Labute approximate surface area is 133 Å². The van der Waals surface area contributed by atoms with Gasteiger partial charge in [0.1, 0.15) is 5.60 Å². The predicted octanol–water partition coefficient (Wildman–Crippen LogP) is 3.59. The molecule has 120 valence electrons. The number of carbonyl (C=O) groups excluding carboxylic acids is 1. The van der Waals surface area contributed by atoms with Gasteiger partial charge in [0.15, 0.2) is 0 Å². The van der Waals surface area contributed by atoms with Gasteiger partial charge in [-0.2, -0.15) is 0 Å². The minimum absolute atomic E-state index is 0.0913. The Kier molecular flexibility index (Phi) is 4.53. The standard InChI is InChI=1S/C19H27NO2/c1-3-18(21)22-19(17-7-5-4-6-8-17)11-12-20(13-15(19)2)14-16-9-10-16/h4-8,15-16H,3,9-14H2,1-2H3. The highest BCUT2D eigenvalue weighted by Crippen LogP contribution is 2.42. The maximum Gasteiger partial charge on any atom is 0.306 e. The summed E-state index contributed by atoms with van der Waals surface area (Å²) in [6.07, 6.45) is 4.11. The van der Waals surface area contributed by atoms with E-state index in [2.05, 4.69) is 24.0 Å². The first-order valence-corrected chi connectivity index (χ1v) is 8.63. The molecule has 3 heteroatoms. The molecule has 1 saturated heterocycles. The van der Waals surface area contributed by atoms with Crippen LogP contribution in [0.1, 0.15) is 45.1 Å². The van der Waals surface area contributed by atoms with Crippen molar-refractivity contribution in [1.29, 1.82) is 0 Å². The molecule has 2 atom stereocenters. The van der Waals surface area contributed by atoms with Crippen molar-refractivity contribution < 1.29 is 9.53 Å². The second-order valence-corrected chi connectivity index (χ2v) is 6.94. The molecule has 1 heterocycles. The lowest BCUT2D eigenvalue weighted by atomic mass is 9.76. The fourth-order valence-corrected chi connectivity index (χ4v) is 3.66. The maximum absolute atomic E-state index is 12.0. The number of hydrogen-bond donors (Lipinski definition) is 0. The molecule has 3 rings (SSSR count). The quantitative estimate of drug-likeness (QED) is 0.778. The van der Waals surface area contributed by atoms with Gasteiger partial charge in [0.25, 0.3) is 0 Å². The van der Waals surface area contributed by atoms with Gasteiger partial charge in [-0.05, 0) is 24.3 Å². The monoisotopic (exact) mass is 301 g/mol. The van der Waals surface area contributed by atoms with Crippen molar-refractivity contribution in [3.05, 3.63) is 35.9 Å². The van der Waals surface area contributed by atoms with Crippen LogP contribution in [0.2, 0.25) is 0 Å². The molecule has 22 heavy (non-hydrogen) atoms. The van der Waals surface area contributed by atoms with E-state index in [1.807, 2.05) is 25.1 Å². The molecule has 3 nitrogen and oxygen atoms in total. The molecule has 0 bridgehead atoms. The van der Waals surface area contributed by atoms with Crippen LogP contribution < -0.4 is 0 Å². The molecule has 2 unspecified atom stereocenters. The SMILES string of the molecule is CCC(=O)OC1(c2ccccc2)CCN(CC2CC2)CC1C. The number of likely N-dealkylation sites (tertiary alicyclic amines) is 1. The van der Waals surface area contributed by atoms with E-state index in [9.17, 15) is 4.79 Å². The number of rotatable bonds is 5. The van der Waals surface area contributed by atoms with Crippen molar-refractivity contribution >= 4 is 5.97 Å². The topological polar surface area (TPSA) is 29.5 Å². The fraction of sp³-hybridized carbons (Fsp3) is 0.632. The number of esters is 1. The van der Waals surface area contributed by atoms with Gasteiger partial charge in [-0.25, -0.2) is 0 Å². The van der Waals surface area contributed by atoms with Crippen molar-refractivity contribution in [2.24, 2.45) is 11.8 Å². The van der Waals surface area contributed by atoms with Gasteiger partial charge in [0, 0.05) is 38.4 Å². The molecule has 1 aromatic rings. The molecule has 0 aromatic heterocycles. The summed E-state index contributed by atoms with van der Waals surface area (Å²) in [5, 5.41) is 0. The molecule has 0 radical (unpaired) electrons. The Morgan fingerprint density at radius 2 is 2.05 bits per heavy atom. The van der Waals surface area contributed by atoms with E-state index in [4.69, 9.17) is 4.74 Å². The highest BCUT2D eigenvalue weighted by Gasteiger charge is 2.45. The number of ether oxygens (including phenoxy) is 1. The minimum atomic E-state index is -0.450. The average molecular weight is 301 g/mol. The van der Waals surface area contributed by atoms with E-state index in [1.165, 1.54) is 19.4 Å². The third-order valence-corrected chi connectivity index (χ3v) is 5.19. The smallest absolute Gasteiger partial charge is 0.306 e. The van der Waals surface area contributed by atoms with Crippen molar-refractivity contribution in [1.82, 2.24) is 4.90 Å². The number of piperidine rings is 1. The van der Waals surface area contributed by atoms with Crippen LogP contribution in [-0.2, 0) is 15.1 Å². The van der Waals surface area contributed by atoms with Crippen LogP contribution in [0.15, 0.2) is 30.3 Å². The van der Waals surface area contributed by atoms with E-state index in [0.29, 0.717) is 12.3 Å². The molecule has 1 aromatic carbocycles. The Balaban J connectivity index is 1.81. The van der Waals surface area contributed by atoms with Gasteiger partial charge in [-0.3, -0.25) is 4.79 Å². The maximum atomic E-state index is 12.0. The Hall–Kier alpha value is -1.35. The summed E-state index contributed by atoms with van der Waals surface area (Å²) in [4.78, 5) is 14.6. The predicted molar refractivity (Wildman–Crippen MR) is 87.4 cm³/mol. The summed E-state index contributed by atoms with van der Waals surface area (Å²) in [6.45, 7) is 7.36. The second kappa shape index (κ2) is 6.41. The number of hydrogen-bond acceptors (Lipinski definition) is 3. The lowest BCUT2D eigenvalue weighted by Crippen LogP contribution is -2.51. The molecular weight excluding hydrogens is 274 g/mol. The molecule has 1 aliphatic heterocycles. The number of benzene rings is 1. The van der Waals surface area contributed by atoms with Gasteiger partial charge in [-0.15, -0.1) is 0 Å². The van der Waals surface area contributed by atoms with Crippen LogP contribution in [0.5, 0.6) is 0 Å². The summed E-state index contributed by atoms with van der Waals surface area (Å²) < 4.78 is 6.03. The van der Waals surface area contributed by atoms with Crippen LogP contribution in [0, 0.1) is 11.8 Å². The zero-order valence-corrected chi connectivity index (χ0v) is 13.8. The van der Waals surface area contributed by atoms with Crippen LogP contribution in [-0.4, -0.2) is 30.5 Å². The van der Waals surface area contributed by atoms with E-state index in [-0.39, 0.29) is 5.97 Å². The molecule has 0 spiro atoms. The van der Waals surface area contributed by atoms with Crippen molar-refractivity contribution in [2.45, 2.75) is 45.1 Å². The molecule has 0 amide bonds. The molecular formula is C19H27NO2. The van der Waals surface area contributed by atoms with Gasteiger partial charge < -0.3 is 9.64 Å². The van der Waals surface area contributed by atoms with E-state index in [0.717, 1.165) is 31.0 Å². The van der Waals surface area contributed by atoms with Gasteiger partial charge in [0.05, 0.1) is 0 Å². The fourth-order valence-electron chi connectivity index (χ4n) is 3.66. The normalized spacial score (nSPS) is 29.3. The lowest BCUT2D eigenvalue weighted by Gasteiger charge is -2.46. The van der Waals surface area contributed by atoms with Crippen LogP contribution in [0.25, 0.3) is 0 Å². The van der Waals surface area contributed by atoms with E-state index >= 15 is 0 Å². The number of carbonyl (C=O) groups is 1. The Morgan fingerprint density at radius 3 is 2.64 bits per heavy atom. The van der Waals surface area contributed by atoms with Crippen molar-refractivity contribution in [3.63, 3.8) is 0 Å². The summed E-state index contributed by atoms with van der Waals surface area (Å²) in [7, 11) is 0. The molecule has 2 aliphatic rings. The Morgan fingerprint density at radius 1 is 1.32 bits per heavy atom. The summed E-state index contributed by atoms with van der Waals surface area (Å²) >= 11 is 0. The van der Waals surface area contributed by atoms with Crippen LogP contribution >= 0.6 is 0 Å². The van der Waals surface area contributed by atoms with Crippen molar-refractivity contribution in [2.75, 3.05) is 19.6 Å². The number of nitrogens with zero attached hydrogens (tertiary/aromatic N) is 1. The summed E-state index contributed by atoms with van der Waals surface area (Å²) in [6, 6.07) is 10.3. The summed E-state index contributed by atoms with van der Waals surface area (Å²) in [5.74, 6) is 1.14. The highest BCUT2D eigenvalue weighted by atomic mass is 16.6. The van der Waals surface area contributed by atoms with Crippen LogP contribution in [0.4, 0.5) is 0 Å². The highest BCUT2D eigenvalue weighted by molar-refractivity contribution is 5.69. The zero-order valence-electron chi connectivity index (χ0n) is 13.8. The third-order valence-electron chi connectivity index (χ3n) is 5.19. The largest absolute Gasteiger partial charge is 0.454 e. The lowest BCUT2D eigenvalue weighted by molar-refractivity contribution is -0.175. The molecule has 1 saturated carbocycles. The van der Waals surface area contributed by atoms with Gasteiger partial charge in [-0.1, -0.05) is 44.2 Å². The minimum Gasteiger partial charge on any atom is -0.454 e. The van der Waals surface area contributed by atoms with Crippen LogP contribution in [0.3, 0.4) is 0 Å². The zero-order chi connectivity index (χ0) is 15.6. The first kappa shape index (κ1) is 15.5. The van der Waals surface area contributed by atoms with E-state index in [1.54, 1.807) is 0 Å². The van der Waals surface area contributed by atoms with E-state index < -0.39 is 5.60 Å². The second-order valence-electron chi connectivity index (χ2n) is 6.94.